The van der Waals surface area contributed by atoms with Crippen molar-refractivity contribution in [3.05, 3.63) is 35.6 Å². The number of benzene rings is 1. The molecule has 1 unspecified atom stereocenters. The van der Waals surface area contributed by atoms with E-state index in [-0.39, 0.29) is 5.76 Å². The number of thioether (sulfide) groups is 1. The number of rotatable bonds is 7. The van der Waals surface area contributed by atoms with E-state index < -0.39 is 5.97 Å². The first-order valence-corrected chi connectivity index (χ1v) is 7.89. The van der Waals surface area contributed by atoms with Crippen molar-refractivity contribution in [1.82, 2.24) is 5.32 Å². The molecule has 2 aromatic rings. The molecule has 1 heterocycles. The summed E-state index contributed by atoms with van der Waals surface area (Å²) in [6.07, 6.45) is 3.15. The number of fused-ring (bicyclic) bond motifs is 1. The number of para-hydroxylation sites is 1. The van der Waals surface area contributed by atoms with Gasteiger partial charge in [0.2, 0.25) is 5.76 Å². The van der Waals surface area contributed by atoms with Gasteiger partial charge < -0.3 is 14.8 Å². The number of carbonyl (C=O) groups is 1. The smallest absolute Gasteiger partial charge is 0.372 e. The topological polar surface area (TPSA) is 62.5 Å². The third kappa shape index (κ3) is 3.35. The van der Waals surface area contributed by atoms with E-state index in [1.54, 1.807) is 6.07 Å². The number of furan rings is 1. The predicted octanol–water partition coefficient (Wildman–Crippen LogP) is 3.36. The van der Waals surface area contributed by atoms with Crippen LogP contribution in [0.4, 0.5) is 0 Å². The molecule has 0 aliphatic rings. The molecule has 0 spiro atoms. The number of hydrogen-bond acceptors (Lipinski definition) is 4. The molecule has 0 fully saturated rings. The van der Waals surface area contributed by atoms with Gasteiger partial charge in [-0.1, -0.05) is 25.1 Å². The average Bonchev–Trinajstić information content (AvgIpc) is 2.82. The van der Waals surface area contributed by atoms with Gasteiger partial charge >= 0.3 is 5.97 Å². The molecule has 0 saturated heterocycles. The second-order valence-corrected chi connectivity index (χ2v) is 6.00. The van der Waals surface area contributed by atoms with Crippen molar-refractivity contribution in [2.45, 2.75) is 25.1 Å². The minimum atomic E-state index is -1.02. The molecule has 2 N–H and O–H groups in total. The van der Waals surface area contributed by atoms with Gasteiger partial charge in [0, 0.05) is 22.7 Å². The van der Waals surface area contributed by atoms with E-state index in [2.05, 4.69) is 18.5 Å². The first-order valence-electron chi connectivity index (χ1n) is 6.60. The highest BCUT2D eigenvalue weighted by Gasteiger charge is 2.19. The van der Waals surface area contributed by atoms with E-state index in [1.807, 2.05) is 30.0 Å². The molecule has 1 aromatic heterocycles. The van der Waals surface area contributed by atoms with Crippen LogP contribution >= 0.6 is 11.8 Å². The summed E-state index contributed by atoms with van der Waals surface area (Å²) < 4.78 is 5.42. The average molecular weight is 293 g/mol. The number of aromatic carboxylic acids is 1. The zero-order chi connectivity index (χ0) is 14.5. The first kappa shape index (κ1) is 14.9. The zero-order valence-corrected chi connectivity index (χ0v) is 12.5. The van der Waals surface area contributed by atoms with Crippen molar-refractivity contribution in [3.63, 3.8) is 0 Å². The summed E-state index contributed by atoms with van der Waals surface area (Å²) >= 11 is 1.83. The lowest BCUT2D eigenvalue weighted by Gasteiger charge is -2.08. The lowest BCUT2D eigenvalue weighted by Crippen LogP contribution is -2.18. The Labute approximate surface area is 122 Å². The van der Waals surface area contributed by atoms with E-state index >= 15 is 0 Å². The van der Waals surface area contributed by atoms with Gasteiger partial charge in [-0.3, -0.25) is 0 Å². The van der Waals surface area contributed by atoms with Crippen LogP contribution < -0.4 is 5.32 Å². The maximum atomic E-state index is 11.3. The second-order valence-electron chi connectivity index (χ2n) is 4.72. The van der Waals surface area contributed by atoms with Gasteiger partial charge in [0.1, 0.15) is 5.58 Å². The molecule has 4 nitrogen and oxygen atoms in total. The van der Waals surface area contributed by atoms with Crippen molar-refractivity contribution in [2.24, 2.45) is 0 Å². The zero-order valence-electron chi connectivity index (χ0n) is 11.7. The van der Waals surface area contributed by atoms with Crippen molar-refractivity contribution in [1.29, 1.82) is 0 Å². The van der Waals surface area contributed by atoms with E-state index in [9.17, 15) is 9.90 Å². The number of carboxylic acid groups (broad SMARTS) is 1. The van der Waals surface area contributed by atoms with Crippen molar-refractivity contribution < 1.29 is 14.3 Å². The van der Waals surface area contributed by atoms with Crippen LogP contribution in [-0.4, -0.2) is 29.1 Å². The number of nitrogens with one attached hydrogen (secondary N) is 1. The molecule has 1 aromatic carbocycles. The van der Waals surface area contributed by atoms with E-state index in [0.717, 1.165) is 23.9 Å². The lowest BCUT2D eigenvalue weighted by molar-refractivity contribution is 0.0663. The van der Waals surface area contributed by atoms with Gasteiger partial charge in [-0.2, -0.15) is 11.8 Å². The highest BCUT2D eigenvalue weighted by Crippen LogP contribution is 2.25. The summed E-state index contributed by atoms with van der Waals surface area (Å²) in [6.45, 7) is 3.56. The Morgan fingerprint density at radius 1 is 1.45 bits per heavy atom. The van der Waals surface area contributed by atoms with E-state index in [4.69, 9.17) is 4.42 Å². The fraction of sp³-hybridized carbons (Fsp3) is 0.400. The molecular formula is C15H19NO3S. The molecule has 0 bridgehead atoms. The fourth-order valence-electron chi connectivity index (χ4n) is 2.08. The molecule has 20 heavy (non-hydrogen) atoms. The largest absolute Gasteiger partial charge is 0.475 e. The summed E-state index contributed by atoms with van der Waals surface area (Å²) in [4.78, 5) is 11.3. The Hall–Kier alpha value is -1.46. The Morgan fingerprint density at radius 2 is 2.20 bits per heavy atom. The first-order chi connectivity index (χ1) is 9.63. The summed E-state index contributed by atoms with van der Waals surface area (Å²) in [5.41, 5.74) is 1.35. The van der Waals surface area contributed by atoms with Crippen LogP contribution in [0.5, 0.6) is 0 Å². The van der Waals surface area contributed by atoms with Crippen molar-refractivity contribution >= 4 is 28.7 Å². The Kier molecular flexibility index (Phi) is 5.09. The van der Waals surface area contributed by atoms with Gasteiger partial charge in [0.25, 0.3) is 0 Å². The minimum absolute atomic E-state index is 0.0385. The third-order valence-electron chi connectivity index (χ3n) is 3.32. The quantitative estimate of drug-likeness (QED) is 0.766. The van der Waals surface area contributed by atoms with Gasteiger partial charge in [-0.15, -0.1) is 0 Å². The Morgan fingerprint density at radius 3 is 2.90 bits per heavy atom. The monoisotopic (exact) mass is 293 g/mol. The molecular weight excluding hydrogens is 274 g/mol. The van der Waals surface area contributed by atoms with Crippen LogP contribution in [-0.2, 0) is 6.54 Å². The molecule has 0 saturated carbocycles. The molecule has 108 valence electrons. The normalized spacial score (nSPS) is 12.7. The van der Waals surface area contributed by atoms with Gasteiger partial charge in [-0.05, 0) is 25.3 Å². The summed E-state index contributed by atoms with van der Waals surface area (Å²) in [5.74, 6) is -0.980. The van der Waals surface area contributed by atoms with Gasteiger partial charge in [0.15, 0.2) is 0 Å². The van der Waals surface area contributed by atoms with Crippen molar-refractivity contribution in [3.8, 4) is 0 Å². The molecule has 0 aliphatic carbocycles. The van der Waals surface area contributed by atoms with E-state index in [1.165, 1.54) is 0 Å². The van der Waals surface area contributed by atoms with Crippen molar-refractivity contribution in [2.75, 3.05) is 12.8 Å². The minimum Gasteiger partial charge on any atom is -0.475 e. The number of carboxylic acids is 1. The van der Waals surface area contributed by atoms with E-state index in [0.29, 0.717) is 17.4 Å². The Bertz CT molecular complexity index is 594. The van der Waals surface area contributed by atoms with Crippen LogP contribution in [0.2, 0.25) is 0 Å². The summed E-state index contributed by atoms with van der Waals surface area (Å²) in [5, 5.41) is 14.0. The summed E-state index contributed by atoms with van der Waals surface area (Å²) in [6, 6.07) is 7.42. The lowest BCUT2D eigenvalue weighted by atomic mass is 10.1. The number of hydrogen-bond donors (Lipinski definition) is 2. The molecule has 5 heteroatoms. The van der Waals surface area contributed by atoms with Gasteiger partial charge in [-0.25, -0.2) is 4.79 Å². The fourth-order valence-corrected chi connectivity index (χ4v) is 2.44. The highest BCUT2D eigenvalue weighted by atomic mass is 32.2. The molecule has 1 atom stereocenters. The predicted molar refractivity (Wildman–Crippen MR) is 82.5 cm³/mol. The molecule has 0 aliphatic heterocycles. The van der Waals surface area contributed by atoms with Gasteiger partial charge in [0.05, 0.1) is 0 Å². The van der Waals surface area contributed by atoms with Crippen LogP contribution in [0, 0.1) is 0 Å². The second kappa shape index (κ2) is 6.81. The molecule has 0 radical (unpaired) electrons. The molecule has 2 rings (SSSR count). The van der Waals surface area contributed by atoms with Crippen LogP contribution in [0.25, 0.3) is 11.0 Å². The highest BCUT2D eigenvalue weighted by molar-refractivity contribution is 7.99. The summed E-state index contributed by atoms with van der Waals surface area (Å²) in [7, 11) is 0. The third-order valence-corrected chi connectivity index (χ3v) is 4.36. The van der Waals surface area contributed by atoms with Crippen LogP contribution in [0.3, 0.4) is 0 Å². The van der Waals surface area contributed by atoms with Crippen LogP contribution in [0.1, 0.15) is 29.5 Å². The maximum Gasteiger partial charge on any atom is 0.372 e. The van der Waals surface area contributed by atoms with Crippen LogP contribution in [0.15, 0.2) is 28.7 Å². The standard InChI is InChI=1S/C15H19NO3S/c1-10(20-2)7-8-16-9-12-11-5-3-4-6-13(11)19-14(12)15(17)18/h3-6,10,16H,7-9H2,1-2H3,(H,17,18). The molecule has 0 amide bonds. The Balaban J connectivity index is 2.11. The maximum absolute atomic E-state index is 11.3. The SMILES string of the molecule is CSC(C)CCNCc1c(C(=O)O)oc2ccccc12.